The number of aromatic nitrogens is 2. The highest BCUT2D eigenvalue weighted by atomic mass is 35.5. The van der Waals surface area contributed by atoms with E-state index in [1.54, 1.807) is 10.6 Å². The molecule has 1 aliphatic rings. The first kappa shape index (κ1) is 22.2. The molecule has 0 bridgehead atoms. The molecule has 0 aliphatic carbocycles. The van der Waals surface area contributed by atoms with Crippen LogP contribution in [0.5, 0.6) is 5.75 Å². The smallest absolute Gasteiger partial charge is 0.279 e. The SMILES string of the molecule is C=CCOc1ccc(C2CC(=O)Nc3c2c(=O)nc(SCc2ccc(Cl)cc2)n3C)cc1. The molecule has 1 amide bonds. The molecular weight excluding hydrogens is 446 g/mol. The molecule has 3 aromatic rings. The molecule has 0 spiro atoms. The Morgan fingerprint density at radius 2 is 1.94 bits per heavy atom. The fourth-order valence-corrected chi connectivity index (χ4v) is 4.68. The number of hydrogen-bond acceptors (Lipinski definition) is 5. The van der Waals surface area contributed by atoms with Crippen molar-refractivity contribution in [1.82, 2.24) is 9.55 Å². The minimum absolute atomic E-state index is 0.135. The van der Waals surface area contributed by atoms with Gasteiger partial charge in [0.2, 0.25) is 5.91 Å². The molecule has 4 rings (SSSR count). The number of nitrogens with zero attached hydrogens (tertiary/aromatic N) is 2. The number of fused-ring (bicyclic) bond motifs is 1. The third-order valence-corrected chi connectivity index (χ3v) is 6.59. The lowest BCUT2D eigenvalue weighted by molar-refractivity contribution is -0.116. The van der Waals surface area contributed by atoms with Crippen molar-refractivity contribution in [2.45, 2.75) is 23.2 Å². The largest absolute Gasteiger partial charge is 0.490 e. The maximum Gasteiger partial charge on any atom is 0.279 e. The molecule has 164 valence electrons. The Labute approximate surface area is 195 Å². The number of carbonyl (C=O) groups excluding carboxylic acids is 1. The van der Waals surface area contributed by atoms with Crippen LogP contribution in [0.25, 0.3) is 0 Å². The van der Waals surface area contributed by atoms with Crippen LogP contribution in [-0.4, -0.2) is 22.1 Å². The predicted octanol–water partition coefficient (Wildman–Crippen LogP) is 4.76. The number of amides is 1. The number of anilines is 1. The maximum atomic E-state index is 13.0. The molecule has 32 heavy (non-hydrogen) atoms. The summed E-state index contributed by atoms with van der Waals surface area (Å²) in [6.07, 6.45) is 1.86. The highest BCUT2D eigenvalue weighted by Crippen LogP contribution is 2.36. The summed E-state index contributed by atoms with van der Waals surface area (Å²) in [7, 11) is 1.81. The van der Waals surface area contributed by atoms with Crippen molar-refractivity contribution in [3.8, 4) is 5.75 Å². The molecule has 0 radical (unpaired) electrons. The monoisotopic (exact) mass is 467 g/mol. The molecule has 2 aromatic carbocycles. The minimum Gasteiger partial charge on any atom is -0.490 e. The minimum atomic E-state index is -0.367. The number of benzene rings is 2. The van der Waals surface area contributed by atoms with E-state index >= 15 is 0 Å². The van der Waals surface area contributed by atoms with Gasteiger partial charge in [-0.15, -0.1) is 0 Å². The van der Waals surface area contributed by atoms with Crippen molar-refractivity contribution >= 4 is 35.1 Å². The van der Waals surface area contributed by atoms with Crippen LogP contribution >= 0.6 is 23.4 Å². The van der Waals surface area contributed by atoms with Crippen LogP contribution in [0.2, 0.25) is 5.02 Å². The summed E-state index contributed by atoms with van der Waals surface area (Å²) >= 11 is 7.38. The van der Waals surface area contributed by atoms with E-state index in [0.717, 1.165) is 11.1 Å². The van der Waals surface area contributed by atoms with Crippen molar-refractivity contribution in [3.63, 3.8) is 0 Å². The normalized spacial score (nSPS) is 15.1. The summed E-state index contributed by atoms with van der Waals surface area (Å²) in [6, 6.07) is 15.0. The molecule has 2 heterocycles. The third-order valence-electron chi connectivity index (χ3n) is 5.23. The highest BCUT2D eigenvalue weighted by Gasteiger charge is 2.32. The highest BCUT2D eigenvalue weighted by molar-refractivity contribution is 7.98. The molecule has 0 saturated carbocycles. The van der Waals surface area contributed by atoms with Crippen molar-refractivity contribution in [2.75, 3.05) is 11.9 Å². The Morgan fingerprint density at radius 1 is 1.22 bits per heavy atom. The van der Waals surface area contributed by atoms with Gasteiger partial charge in [-0.2, -0.15) is 4.98 Å². The van der Waals surface area contributed by atoms with Gasteiger partial charge in [0.25, 0.3) is 5.56 Å². The Hall–Kier alpha value is -3.03. The average molecular weight is 468 g/mol. The molecule has 1 unspecified atom stereocenters. The van der Waals surface area contributed by atoms with Gasteiger partial charge in [-0.1, -0.05) is 60.3 Å². The predicted molar refractivity (Wildman–Crippen MR) is 128 cm³/mol. The number of thioether (sulfide) groups is 1. The van der Waals surface area contributed by atoms with Gasteiger partial charge in [-0.05, 0) is 35.4 Å². The zero-order valence-electron chi connectivity index (χ0n) is 17.5. The first-order valence-corrected chi connectivity index (χ1v) is 11.4. The number of halogens is 1. The summed E-state index contributed by atoms with van der Waals surface area (Å²) in [5, 5.41) is 4.08. The van der Waals surface area contributed by atoms with Gasteiger partial charge in [-0.3, -0.25) is 9.59 Å². The number of hydrogen-bond donors (Lipinski definition) is 1. The van der Waals surface area contributed by atoms with Gasteiger partial charge in [0.1, 0.15) is 18.2 Å². The summed E-state index contributed by atoms with van der Waals surface area (Å²) in [6.45, 7) is 4.05. The van der Waals surface area contributed by atoms with Crippen molar-refractivity contribution in [3.05, 3.63) is 93.3 Å². The molecule has 8 heteroatoms. The van der Waals surface area contributed by atoms with E-state index in [1.807, 2.05) is 55.6 Å². The van der Waals surface area contributed by atoms with Crippen LogP contribution in [0.1, 0.15) is 29.0 Å². The zero-order valence-corrected chi connectivity index (χ0v) is 19.1. The van der Waals surface area contributed by atoms with Crippen molar-refractivity contribution < 1.29 is 9.53 Å². The second-order valence-corrected chi connectivity index (χ2v) is 8.79. The Morgan fingerprint density at radius 3 is 2.62 bits per heavy atom. The van der Waals surface area contributed by atoms with E-state index in [9.17, 15) is 9.59 Å². The van der Waals surface area contributed by atoms with Gasteiger partial charge in [0, 0.05) is 30.2 Å². The van der Waals surface area contributed by atoms with Gasteiger partial charge in [0.05, 0.1) is 5.56 Å². The molecule has 0 saturated heterocycles. The van der Waals surface area contributed by atoms with E-state index in [1.165, 1.54) is 11.8 Å². The number of nitrogens with one attached hydrogen (secondary N) is 1. The lowest BCUT2D eigenvalue weighted by Gasteiger charge is -2.27. The maximum absolute atomic E-state index is 13.0. The molecule has 1 N–H and O–H groups in total. The van der Waals surface area contributed by atoms with E-state index in [-0.39, 0.29) is 23.8 Å². The fourth-order valence-electron chi connectivity index (χ4n) is 3.63. The van der Waals surface area contributed by atoms with Crippen molar-refractivity contribution in [1.29, 1.82) is 0 Å². The topological polar surface area (TPSA) is 73.2 Å². The second kappa shape index (κ2) is 9.63. The third kappa shape index (κ3) is 4.74. The van der Waals surface area contributed by atoms with E-state index < -0.39 is 0 Å². The molecule has 6 nitrogen and oxygen atoms in total. The molecule has 1 atom stereocenters. The quantitative estimate of drug-likeness (QED) is 0.308. The number of ether oxygens (including phenoxy) is 1. The fraction of sp³-hybridized carbons (Fsp3) is 0.208. The standard InChI is InChI=1S/C24H22ClN3O3S/c1-3-12-31-18-10-6-16(7-11-18)19-13-20(29)26-22-21(19)23(30)27-24(28(22)2)32-14-15-4-8-17(25)9-5-15/h3-11,19H,1,12-14H2,2H3,(H,26,29). The summed E-state index contributed by atoms with van der Waals surface area (Å²) in [4.78, 5) is 29.9. The van der Waals surface area contributed by atoms with Crippen LogP contribution in [0.15, 0.2) is 71.1 Å². The Kier molecular flexibility index (Phi) is 6.67. The summed E-state index contributed by atoms with van der Waals surface area (Å²) < 4.78 is 7.31. The average Bonchev–Trinajstić information content (AvgIpc) is 2.80. The molecule has 0 fully saturated rings. The number of rotatable bonds is 7. The first-order valence-electron chi connectivity index (χ1n) is 10.1. The summed E-state index contributed by atoms with van der Waals surface area (Å²) in [5.74, 6) is 1.32. The first-order chi connectivity index (χ1) is 15.5. The van der Waals surface area contributed by atoms with E-state index in [2.05, 4.69) is 16.9 Å². The van der Waals surface area contributed by atoms with Crippen LogP contribution in [0.4, 0.5) is 5.82 Å². The van der Waals surface area contributed by atoms with Crippen molar-refractivity contribution in [2.24, 2.45) is 7.05 Å². The van der Waals surface area contributed by atoms with Crippen LogP contribution in [-0.2, 0) is 17.6 Å². The molecule has 1 aliphatic heterocycles. The van der Waals surface area contributed by atoms with E-state index in [4.69, 9.17) is 16.3 Å². The van der Waals surface area contributed by atoms with Crippen LogP contribution in [0.3, 0.4) is 0 Å². The Bertz CT molecular complexity index is 1210. The van der Waals surface area contributed by atoms with E-state index in [0.29, 0.717) is 39.7 Å². The Balaban J connectivity index is 1.64. The summed E-state index contributed by atoms with van der Waals surface area (Å²) in [5.41, 5.74) is 2.11. The second-order valence-electron chi connectivity index (χ2n) is 7.41. The van der Waals surface area contributed by atoms with Gasteiger partial charge >= 0.3 is 0 Å². The molecular formula is C24H22ClN3O3S. The lowest BCUT2D eigenvalue weighted by Crippen LogP contribution is -2.33. The van der Waals surface area contributed by atoms with Gasteiger partial charge in [-0.25, -0.2) is 0 Å². The van der Waals surface area contributed by atoms with Crippen LogP contribution < -0.4 is 15.6 Å². The van der Waals surface area contributed by atoms with Gasteiger partial charge < -0.3 is 14.6 Å². The van der Waals surface area contributed by atoms with Gasteiger partial charge in [0.15, 0.2) is 5.16 Å². The number of carbonyl (C=O) groups is 1. The molecule has 1 aromatic heterocycles. The lowest BCUT2D eigenvalue weighted by atomic mass is 9.87. The van der Waals surface area contributed by atoms with Crippen LogP contribution in [0, 0.1) is 0 Å². The zero-order chi connectivity index (χ0) is 22.7.